The minimum atomic E-state index is -1.11. The zero-order valence-electron chi connectivity index (χ0n) is 21.6. The number of allylic oxidation sites excluding steroid dienone is 1. The average molecular weight is 536 g/mol. The molecule has 2 aromatic carbocycles. The van der Waals surface area contributed by atoms with Gasteiger partial charge in [-0.25, -0.2) is 9.69 Å². The summed E-state index contributed by atoms with van der Waals surface area (Å²) in [5.41, 5.74) is 1.61. The van der Waals surface area contributed by atoms with Crippen LogP contribution in [0, 0.1) is 5.92 Å². The first-order chi connectivity index (χ1) is 19.1. The Morgan fingerprint density at radius 3 is 2.38 bits per heavy atom. The summed E-state index contributed by atoms with van der Waals surface area (Å²) in [6.07, 6.45) is 3.67. The molecular weight excluding hydrogens is 502 g/mol. The summed E-state index contributed by atoms with van der Waals surface area (Å²) in [5.74, 6) is -1.36. The van der Waals surface area contributed by atoms with Crippen molar-refractivity contribution in [3.8, 4) is 0 Å². The fraction of sp³-hybridized carbons (Fsp3) is 0.367. The van der Waals surface area contributed by atoms with Gasteiger partial charge in [0, 0.05) is 0 Å². The number of rotatable bonds is 13. The van der Waals surface area contributed by atoms with Crippen LogP contribution in [0.4, 0.5) is 4.79 Å². The second kappa shape index (κ2) is 14.4. The molecule has 1 fully saturated rings. The predicted molar refractivity (Wildman–Crippen MR) is 141 cm³/mol. The van der Waals surface area contributed by atoms with Gasteiger partial charge in [-0.05, 0) is 42.2 Å². The van der Waals surface area contributed by atoms with Crippen LogP contribution in [0.3, 0.4) is 0 Å². The molecule has 1 saturated heterocycles. The highest BCUT2D eigenvalue weighted by molar-refractivity contribution is 6.02. The summed E-state index contributed by atoms with van der Waals surface area (Å²) < 4.78 is 22.0. The van der Waals surface area contributed by atoms with Gasteiger partial charge in [0.15, 0.2) is 11.9 Å². The third-order valence-corrected chi connectivity index (χ3v) is 6.45. The number of nitrogens with zero attached hydrogens (tertiary/aromatic N) is 1. The third-order valence-electron chi connectivity index (χ3n) is 6.45. The Kier molecular flexibility index (Phi) is 10.4. The number of ketones is 1. The van der Waals surface area contributed by atoms with E-state index >= 15 is 0 Å². The van der Waals surface area contributed by atoms with Gasteiger partial charge >= 0.3 is 6.09 Å². The third kappa shape index (κ3) is 7.63. The van der Waals surface area contributed by atoms with E-state index in [0.717, 1.165) is 16.0 Å². The van der Waals surface area contributed by atoms with Gasteiger partial charge in [-0.2, -0.15) is 0 Å². The molecule has 39 heavy (non-hydrogen) atoms. The number of cyclic esters (lactones) is 1. The Balaban J connectivity index is 1.50. The minimum Gasteiger partial charge on any atom is -0.482 e. The zero-order chi connectivity index (χ0) is 27.5. The first-order valence-corrected chi connectivity index (χ1v) is 13.0. The number of aliphatic hydroxyl groups is 1. The molecule has 9 heteroatoms. The molecule has 0 unspecified atom stereocenters. The molecular formula is C30H33NO8. The molecule has 9 nitrogen and oxygen atoms in total. The van der Waals surface area contributed by atoms with Crippen molar-refractivity contribution < 1.29 is 38.4 Å². The maximum atomic E-state index is 14.0. The van der Waals surface area contributed by atoms with E-state index in [0.29, 0.717) is 32.0 Å². The van der Waals surface area contributed by atoms with Gasteiger partial charge in [0.25, 0.3) is 0 Å². The second-order valence-electron chi connectivity index (χ2n) is 9.13. The van der Waals surface area contributed by atoms with Crippen molar-refractivity contribution in [1.82, 2.24) is 4.90 Å². The summed E-state index contributed by atoms with van der Waals surface area (Å²) in [6, 6.07) is 18.0. The number of amides is 2. The standard InChI is InChI=1S/C30H33NO8/c32-15-17-37-19-18-36-16-7-12-24-13-14-27(33)28(39-24)25(20-22-8-3-1-4-9-22)29(34)31-26(21-38-30(31)35)23-10-5-2-6-11-23/h1-6,8-14,25-26,28,32H,7,15-21H2/t25-,26+,28-/m1/s1. The molecule has 4 rings (SSSR count). The molecule has 0 bridgehead atoms. The smallest absolute Gasteiger partial charge is 0.417 e. The highest BCUT2D eigenvalue weighted by atomic mass is 16.6. The molecule has 206 valence electrons. The maximum absolute atomic E-state index is 14.0. The van der Waals surface area contributed by atoms with Gasteiger partial charge in [-0.1, -0.05) is 60.7 Å². The first-order valence-electron chi connectivity index (χ1n) is 13.0. The van der Waals surface area contributed by atoms with Crippen molar-refractivity contribution in [2.75, 3.05) is 39.6 Å². The lowest BCUT2D eigenvalue weighted by atomic mass is 9.88. The summed E-state index contributed by atoms with van der Waals surface area (Å²) in [6.45, 7) is 1.47. The number of ether oxygens (including phenoxy) is 4. The van der Waals surface area contributed by atoms with Crippen molar-refractivity contribution in [3.05, 3.63) is 95.8 Å². The normalized spacial score (nSPS) is 20.6. The van der Waals surface area contributed by atoms with E-state index in [9.17, 15) is 14.4 Å². The van der Waals surface area contributed by atoms with Crippen LogP contribution >= 0.6 is 0 Å². The second-order valence-corrected chi connectivity index (χ2v) is 9.13. The van der Waals surface area contributed by atoms with Gasteiger partial charge in [-0.15, -0.1) is 0 Å². The maximum Gasteiger partial charge on any atom is 0.417 e. The molecule has 0 aromatic heterocycles. The van der Waals surface area contributed by atoms with E-state index in [1.165, 1.54) is 6.08 Å². The van der Waals surface area contributed by atoms with E-state index in [4.69, 9.17) is 24.1 Å². The van der Waals surface area contributed by atoms with Gasteiger partial charge in [0.1, 0.15) is 18.4 Å². The van der Waals surface area contributed by atoms with Crippen LogP contribution in [0.25, 0.3) is 0 Å². The van der Waals surface area contributed by atoms with Crippen LogP contribution < -0.4 is 0 Å². The van der Waals surface area contributed by atoms with Gasteiger partial charge in [0.05, 0.1) is 39.0 Å². The number of imide groups is 1. The van der Waals surface area contributed by atoms with Crippen LogP contribution in [-0.4, -0.2) is 73.5 Å². The number of benzene rings is 2. The highest BCUT2D eigenvalue weighted by Gasteiger charge is 2.46. The Bertz CT molecular complexity index is 1160. The molecule has 0 aliphatic carbocycles. The Morgan fingerprint density at radius 1 is 0.974 bits per heavy atom. The number of hydrogen-bond acceptors (Lipinski definition) is 8. The van der Waals surface area contributed by atoms with Crippen molar-refractivity contribution in [1.29, 1.82) is 0 Å². The summed E-state index contributed by atoms with van der Waals surface area (Å²) in [5, 5.41) is 8.72. The summed E-state index contributed by atoms with van der Waals surface area (Å²) in [4.78, 5) is 40.9. The largest absolute Gasteiger partial charge is 0.482 e. The SMILES string of the molecule is O=C1C=CC(=CCCOCCOCCO)O[C@@H]1[C@@H](Cc1ccccc1)C(=O)N1C(=O)OC[C@H]1c1ccccc1. The van der Waals surface area contributed by atoms with Crippen molar-refractivity contribution in [2.24, 2.45) is 5.92 Å². The summed E-state index contributed by atoms with van der Waals surface area (Å²) in [7, 11) is 0. The molecule has 0 spiro atoms. The van der Waals surface area contributed by atoms with Crippen LogP contribution in [0.2, 0.25) is 0 Å². The van der Waals surface area contributed by atoms with Gasteiger partial charge < -0.3 is 24.1 Å². The van der Waals surface area contributed by atoms with Crippen molar-refractivity contribution >= 4 is 17.8 Å². The zero-order valence-corrected chi connectivity index (χ0v) is 21.6. The van der Waals surface area contributed by atoms with Gasteiger partial charge in [0.2, 0.25) is 5.91 Å². The fourth-order valence-electron chi connectivity index (χ4n) is 4.53. The fourth-order valence-corrected chi connectivity index (χ4v) is 4.53. The molecule has 0 saturated carbocycles. The molecule has 3 atom stereocenters. The topological polar surface area (TPSA) is 112 Å². The molecule has 1 N–H and O–H groups in total. The Hall–Kier alpha value is -3.79. The number of carbonyl (C=O) groups excluding carboxylic acids is 3. The number of carbonyl (C=O) groups is 3. The lowest BCUT2D eigenvalue weighted by molar-refractivity contribution is -0.143. The molecule has 2 aliphatic rings. The Morgan fingerprint density at radius 2 is 1.67 bits per heavy atom. The van der Waals surface area contributed by atoms with E-state index in [1.54, 1.807) is 12.2 Å². The van der Waals surface area contributed by atoms with E-state index in [2.05, 4.69) is 0 Å². The first kappa shape index (κ1) is 28.2. The van der Waals surface area contributed by atoms with E-state index in [-0.39, 0.29) is 32.0 Å². The van der Waals surface area contributed by atoms with Crippen LogP contribution in [-0.2, 0) is 35.0 Å². The number of hydrogen-bond donors (Lipinski definition) is 1. The number of aliphatic hydroxyl groups excluding tert-OH is 1. The molecule has 2 amide bonds. The van der Waals surface area contributed by atoms with E-state index < -0.39 is 30.1 Å². The minimum absolute atomic E-state index is 0.0325. The molecule has 2 aromatic rings. The summed E-state index contributed by atoms with van der Waals surface area (Å²) >= 11 is 0. The lowest BCUT2D eigenvalue weighted by Crippen LogP contribution is -2.47. The predicted octanol–water partition coefficient (Wildman–Crippen LogP) is 3.39. The quantitative estimate of drug-likeness (QED) is 0.389. The monoisotopic (exact) mass is 535 g/mol. The molecule has 0 radical (unpaired) electrons. The van der Waals surface area contributed by atoms with Crippen molar-refractivity contribution in [2.45, 2.75) is 25.0 Å². The van der Waals surface area contributed by atoms with Crippen LogP contribution in [0.5, 0.6) is 0 Å². The van der Waals surface area contributed by atoms with Crippen LogP contribution in [0.15, 0.2) is 84.7 Å². The lowest BCUT2D eigenvalue weighted by Gasteiger charge is -2.31. The van der Waals surface area contributed by atoms with E-state index in [1.807, 2.05) is 60.7 Å². The highest BCUT2D eigenvalue weighted by Crippen LogP contribution is 2.32. The van der Waals surface area contributed by atoms with Crippen molar-refractivity contribution in [3.63, 3.8) is 0 Å². The molecule has 2 heterocycles. The molecule has 2 aliphatic heterocycles. The van der Waals surface area contributed by atoms with Crippen LogP contribution in [0.1, 0.15) is 23.6 Å². The van der Waals surface area contributed by atoms with Gasteiger partial charge in [-0.3, -0.25) is 9.59 Å². The Labute approximate surface area is 227 Å². The average Bonchev–Trinajstić information content (AvgIpc) is 3.36.